The van der Waals surface area contributed by atoms with E-state index in [1.54, 1.807) is 22.3 Å². The molecule has 0 aliphatic heterocycles. The third-order valence-electron chi connectivity index (χ3n) is 2.59. The number of aryl methyl sites for hydroxylation is 1. The number of anilines is 1. The van der Waals surface area contributed by atoms with Crippen LogP contribution in [0.5, 0.6) is 0 Å². The van der Waals surface area contributed by atoms with Gasteiger partial charge in [0, 0.05) is 13.2 Å². The molecule has 0 bridgehead atoms. The van der Waals surface area contributed by atoms with E-state index in [2.05, 4.69) is 20.4 Å². The largest absolute Gasteiger partial charge is 0.377 e. The third kappa shape index (κ3) is 1.87. The van der Waals surface area contributed by atoms with E-state index in [0.29, 0.717) is 6.54 Å². The molecule has 0 saturated heterocycles. The van der Waals surface area contributed by atoms with Crippen molar-refractivity contribution in [2.75, 3.05) is 5.32 Å². The summed E-state index contributed by atoms with van der Waals surface area (Å²) < 4.78 is 2.94. The molecular formula is C11H11N5S. The standard InChI is InChI=1S/C11H11N5S/c1-16-10(14-7-15-16)6-13-8-2-4-12-9-3-5-17-11(8)9/h2-5,7H,6H2,1H3,(H,12,13). The van der Waals surface area contributed by atoms with Gasteiger partial charge in [-0.1, -0.05) is 0 Å². The Bertz CT molecular complexity index is 642. The summed E-state index contributed by atoms with van der Waals surface area (Å²) in [5.74, 6) is 0.909. The molecule has 3 heterocycles. The number of nitrogens with one attached hydrogen (secondary N) is 1. The van der Waals surface area contributed by atoms with Gasteiger partial charge in [0.25, 0.3) is 0 Å². The van der Waals surface area contributed by atoms with Gasteiger partial charge in [0.1, 0.15) is 12.2 Å². The van der Waals surface area contributed by atoms with E-state index >= 15 is 0 Å². The van der Waals surface area contributed by atoms with E-state index in [1.807, 2.05) is 30.8 Å². The minimum Gasteiger partial charge on any atom is -0.377 e. The van der Waals surface area contributed by atoms with Crippen LogP contribution in [0.25, 0.3) is 10.2 Å². The molecule has 3 aromatic heterocycles. The number of rotatable bonds is 3. The Hall–Kier alpha value is -1.95. The maximum Gasteiger partial charge on any atom is 0.145 e. The predicted octanol–water partition coefficient (Wildman–Crippen LogP) is 2.04. The second kappa shape index (κ2) is 4.14. The summed E-state index contributed by atoms with van der Waals surface area (Å²) >= 11 is 1.69. The Morgan fingerprint density at radius 3 is 3.12 bits per heavy atom. The number of aromatic nitrogens is 4. The zero-order chi connectivity index (χ0) is 11.7. The van der Waals surface area contributed by atoms with Crippen LogP contribution in [-0.2, 0) is 13.6 Å². The molecule has 0 unspecified atom stereocenters. The van der Waals surface area contributed by atoms with Crippen molar-refractivity contribution >= 4 is 27.2 Å². The molecule has 0 aliphatic carbocycles. The van der Waals surface area contributed by atoms with Crippen LogP contribution in [0.1, 0.15) is 5.82 Å². The first-order valence-corrected chi connectivity index (χ1v) is 6.11. The van der Waals surface area contributed by atoms with Gasteiger partial charge in [-0.05, 0) is 17.5 Å². The Morgan fingerprint density at radius 2 is 2.29 bits per heavy atom. The van der Waals surface area contributed by atoms with Crippen LogP contribution in [0.3, 0.4) is 0 Å². The predicted molar refractivity (Wildman–Crippen MR) is 67.9 cm³/mol. The van der Waals surface area contributed by atoms with Gasteiger partial charge < -0.3 is 5.32 Å². The smallest absolute Gasteiger partial charge is 0.145 e. The number of fused-ring (bicyclic) bond motifs is 1. The highest BCUT2D eigenvalue weighted by molar-refractivity contribution is 7.17. The first-order chi connectivity index (χ1) is 8.34. The highest BCUT2D eigenvalue weighted by Crippen LogP contribution is 2.26. The summed E-state index contributed by atoms with van der Waals surface area (Å²) in [6, 6.07) is 4.00. The zero-order valence-electron chi connectivity index (χ0n) is 9.29. The van der Waals surface area contributed by atoms with Crippen molar-refractivity contribution < 1.29 is 0 Å². The van der Waals surface area contributed by atoms with Crippen molar-refractivity contribution in [3.63, 3.8) is 0 Å². The minimum atomic E-state index is 0.660. The van der Waals surface area contributed by atoms with E-state index in [4.69, 9.17) is 0 Å². The number of hydrogen-bond acceptors (Lipinski definition) is 5. The van der Waals surface area contributed by atoms with Crippen LogP contribution in [0.4, 0.5) is 5.69 Å². The number of hydrogen-bond donors (Lipinski definition) is 1. The maximum atomic E-state index is 4.30. The second-order valence-corrected chi connectivity index (χ2v) is 4.56. The fourth-order valence-electron chi connectivity index (χ4n) is 1.67. The maximum absolute atomic E-state index is 4.30. The highest BCUT2D eigenvalue weighted by Gasteiger charge is 2.04. The Balaban J connectivity index is 1.86. The summed E-state index contributed by atoms with van der Waals surface area (Å²) in [6.45, 7) is 0.660. The van der Waals surface area contributed by atoms with Crippen LogP contribution in [0.2, 0.25) is 0 Å². The Morgan fingerprint density at radius 1 is 1.35 bits per heavy atom. The van der Waals surface area contributed by atoms with E-state index in [-0.39, 0.29) is 0 Å². The summed E-state index contributed by atoms with van der Waals surface area (Å²) in [6.07, 6.45) is 3.37. The Kier molecular flexibility index (Phi) is 2.49. The fraction of sp³-hybridized carbons (Fsp3) is 0.182. The first kappa shape index (κ1) is 10.2. The number of thiophene rings is 1. The van der Waals surface area contributed by atoms with Gasteiger partial charge in [-0.15, -0.1) is 11.3 Å². The average molecular weight is 245 g/mol. The average Bonchev–Trinajstić information content (AvgIpc) is 2.95. The molecule has 3 rings (SSSR count). The van der Waals surface area contributed by atoms with Gasteiger partial charge in [-0.2, -0.15) is 5.10 Å². The lowest BCUT2D eigenvalue weighted by atomic mass is 10.3. The SMILES string of the molecule is Cn1ncnc1CNc1ccnc2ccsc12. The molecule has 86 valence electrons. The van der Waals surface area contributed by atoms with E-state index < -0.39 is 0 Å². The van der Waals surface area contributed by atoms with Crippen molar-refractivity contribution in [1.29, 1.82) is 0 Å². The molecule has 17 heavy (non-hydrogen) atoms. The third-order valence-corrected chi connectivity index (χ3v) is 3.52. The van der Waals surface area contributed by atoms with E-state index in [9.17, 15) is 0 Å². The van der Waals surface area contributed by atoms with Crippen LogP contribution in [-0.4, -0.2) is 19.7 Å². The molecule has 3 aromatic rings. The normalized spacial score (nSPS) is 10.9. The van der Waals surface area contributed by atoms with Crippen LogP contribution in [0, 0.1) is 0 Å². The quantitative estimate of drug-likeness (QED) is 0.767. The molecule has 1 N–H and O–H groups in total. The topological polar surface area (TPSA) is 55.6 Å². The van der Waals surface area contributed by atoms with Gasteiger partial charge in [0.05, 0.1) is 22.4 Å². The molecule has 0 saturated carbocycles. The summed E-state index contributed by atoms with van der Waals surface area (Å²) in [5, 5.41) is 9.45. The summed E-state index contributed by atoms with van der Waals surface area (Å²) in [5.41, 5.74) is 2.12. The van der Waals surface area contributed by atoms with Crippen LogP contribution < -0.4 is 5.32 Å². The molecule has 0 spiro atoms. The fourth-order valence-corrected chi connectivity index (χ4v) is 2.51. The molecule has 5 nitrogen and oxygen atoms in total. The van der Waals surface area contributed by atoms with Crippen molar-refractivity contribution in [3.8, 4) is 0 Å². The summed E-state index contributed by atoms with van der Waals surface area (Å²) in [7, 11) is 1.89. The van der Waals surface area contributed by atoms with Crippen LogP contribution in [0.15, 0.2) is 30.0 Å². The van der Waals surface area contributed by atoms with Crippen molar-refractivity contribution in [2.24, 2.45) is 7.05 Å². The molecule has 0 atom stereocenters. The molecule has 6 heteroatoms. The lowest BCUT2D eigenvalue weighted by molar-refractivity contribution is 0.712. The van der Waals surface area contributed by atoms with Crippen molar-refractivity contribution in [1.82, 2.24) is 19.7 Å². The minimum absolute atomic E-state index is 0.660. The van der Waals surface area contributed by atoms with Gasteiger partial charge in [0.2, 0.25) is 0 Å². The summed E-state index contributed by atoms with van der Waals surface area (Å²) in [4.78, 5) is 8.48. The molecule has 0 aromatic carbocycles. The van der Waals surface area contributed by atoms with Gasteiger partial charge in [-0.25, -0.2) is 4.98 Å². The molecule has 0 amide bonds. The second-order valence-electron chi connectivity index (χ2n) is 3.65. The lowest BCUT2D eigenvalue weighted by Crippen LogP contribution is -2.06. The van der Waals surface area contributed by atoms with E-state index in [1.165, 1.54) is 4.70 Å². The van der Waals surface area contributed by atoms with Gasteiger partial charge in [0.15, 0.2) is 0 Å². The van der Waals surface area contributed by atoms with Gasteiger partial charge in [-0.3, -0.25) is 9.67 Å². The number of nitrogens with zero attached hydrogens (tertiary/aromatic N) is 4. The molecule has 0 fully saturated rings. The molecular weight excluding hydrogens is 234 g/mol. The molecule has 0 radical (unpaired) electrons. The van der Waals surface area contributed by atoms with Crippen LogP contribution >= 0.6 is 11.3 Å². The highest BCUT2D eigenvalue weighted by atomic mass is 32.1. The first-order valence-electron chi connectivity index (χ1n) is 5.23. The Labute approximate surface area is 102 Å². The van der Waals surface area contributed by atoms with Crippen molar-refractivity contribution in [2.45, 2.75) is 6.54 Å². The van der Waals surface area contributed by atoms with Crippen molar-refractivity contribution in [3.05, 3.63) is 35.9 Å². The number of pyridine rings is 1. The monoisotopic (exact) mass is 245 g/mol. The molecule has 0 aliphatic rings. The lowest BCUT2D eigenvalue weighted by Gasteiger charge is -2.06. The van der Waals surface area contributed by atoms with E-state index in [0.717, 1.165) is 17.0 Å². The zero-order valence-corrected chi connectivity index (χ0v) is 10.1. The van der Waals surface area contributed by atoms with Gasteiger partial charge >= 0.3 is 0 Å².